The number of hydrogen-bond donors (Lipinski definition) is 2. The fourth-order valence-corrected chi connectivity index (χ4v) is 3.14. The number of fused-ring (bicyclic) bond motifs is 1. The zero-order chi connectivity index (χ0) is 17.6. The highest BCUT2D eigenvalue weighted by Crippen LogP contribution is 2.30. The van der Waals surface area contributed by atoms with Crippen LogP contribution in [0.25, 0.3) is 0 Å². The summed E-state index contributed by atoms with van der Waals surface area (Å²) in [5.41, 5.74) is 3.85. The Morgan fingerprint density at radius 2 is 1.88 bits per heavy atom. The molecule has 0 heterocycles. The molecule has 5 heteroatoms. The zero-order valence-corrected chi connectivity index (χ0v) is 14.4. The summed E-state index contributed by atoms with van der Waals surface area (Å²) in [6.07, 6.45) is 7.57. The van der Waals surface area contributed by atoms with Crippen molar-refractivity contribution in [2.75, 3.05) is 6.54 Å². The van der Waals surface area contributed by atoms with Crippen molar-refractivity contribution in [1.29, 1.82) is 0 Å². The van der Waals surface area contributed by atoms with Gasteiger partial charge in [0.15, 0.2) is 0 Å². The second-order valence-electron chi connectivity index (χ2n) is 5.66. The van der Waals surface area contributed by atoms with Crippen molar-refractivity contribution in [3.8, 4) is 12.3 Å². The lowest BCUT2D eigenvalue weighted by Gasteiger charge is -2.10. The zero-order valence-electron chi connectivity index (χ0n) is 13.6. The van der Waals surface area contributed by atoms with Crippen molar-refractivity contribution < 1.29 is 13.0 Å². The van der Waals surface area contributed by atoms with E-state index in [0.717, 1.165) is 5.56 Å². The van der Waals surface area contributed by atoms with Crippen molar-refractivity contribution in [3.63, 3.8) is 0 Å². The lowest BCUT2D eigenvalue weighted by Crippen LogP contribution is -2.19. The Balaban J connectivity index is 0.000000177. The van der Waals surface area contributed by atoms with Crippen molar-refractivity contribution in [1.82, 2.24) is 5.32 Å². The average Bonchev–Trinajstić information content (AvgIpc) is 2.96. The molecule has 1 aliphatic carbocycles. The van der Waals surface area contributed by atoms with Gasteiger partial charge in [-0.1, -0.05) is 47.9 Å². The molecule has 0 fully saturated rings. The van der Waals surface area contributed by atoms with E-state index >= 15 is 0 Å². The normalized spacial score (nSPS) is 15.8. The average molecular weight is 343 g/mol. The third-order valence-corrected chi connectivity index (χ3v) is 4.77. The molecule has 0 saturated heterocycles. The molecule has 0 aromatic heterocycles. The van der Waals surface area contributed by atoms with Crippen molar-refractivity contribution in [2.45, 2.75) is 30.7 Å². The van der Waals surface area contributed by atoms with Crippen LogP contribution < -0.4 is 5.32 Å². The van der Waals surface area contributed by atoms with Crippen molar-refractivity contribution >= 4 is 10.1 Å². The smallest absolute Gasteiger partial charge is 0.294 e. The minimum Gasteiger partial charge on any atom is -0.299 e. The van der Waals surface area contributed by atoms with Gasteiger partial charge in [-0.05, 0) is 43.0 Å². The Morgan fingerprint density at radius 1 is 1.21 bits per heavy atom. The molecule has 0 unspecified atom stereocenters. The van der Waals surface area contributed by atoms with Crippen LogP contribution in [0.5, 0.6) is 0 Å². The molecule has 0 saturated carbocycles. The first-order valence-electron chi connectivity index (χ1n) is 7.70. The van der Waals surface area contributed by atoms with Crippen LogP contribution in [0, 0.1) is 19.3 Å². The molecule has 0 radical (unpaired) electrons. The molecule has 2 aromatic carbocycles. The topological polar surface area (TPSA) is 66.4 Å². The lowest BCUT2D eigenvalue weighted by atomic mass is 10.1. The number of nitrogens with one attached hydrogen (secondary N) is 1. The van der Waals surface area contributed by atoms with Crippen LogP contribution in [-0.4, -0.2) is 19.5 Å². The second-order valence-corrected chi connectivity index (χ2v) is 7.08. The van der Waals surface area contributed by atoms with E-state index in [9.17, 15) is 8.42 Å². The van der Waals surface area contributed by atoms with E-state index in [-0.39, 0.29) is 4.90 Å². The van der Waals surface area contributed by atoms with Gasteiger partial charge in [0.05, 0.1) is 11.4 Å². The van der Waals surface area contributed by atoms with Crippen LogP contribution in [0.2, 0.25) is 0 Å². The van der Waals surface area contributed by atoms with E-state index in [1.165, 1.54) is 36.1 Å². The van der Waals surface area contributed by atoms with E-state index < -0.39 is 10.1 Å². The molecule has 2 N–H and O–H groups in total. The molecule has 4 nitrogen and oxygen atoms in total. The number of terminal acetylenes is 1. The van der Waals surface area contributed by atoms with Gasteiger partial charge in [0.25, 0.3) is 10.1 Å². The Bertz CT molecular complexity index is 820. The van der Waals surface area contributed by atoms with E-state index in [1.807, 2.05) is 6.92 Å². The molecule has 1 aliphatic rings. The first kappa shape index (κ1) is 18.2. The first-order chi connectivity index (χ1) is 11.4. The van der Waals surface area contributed by atoms with Crippen LogP contribution in [-0.2, 0) is 16.5 Å². The maximum atomic E-state index is 10.5. The molecule has 2 aromatic rings. The monoisotopic (exact) mass is 343 g/mol. The van der Waals surface area contributed by atoms with Gasteiger partial charge < -0.3 is 0 Å². The van der Waals surface area contributed by atoms with E-state index in [0.29, 0.717) is 12.6 Å². The van der Waals surface area contributed by atoms with E-state index in [1.54, 1.807) is 12.1 Å². The van der Waals surface area contributed by atoms with Crippen LogP contribution in [0.4, 0.5) is 0 Å². The Labute approximate surface area is 143 Å². The van der Waals surface area contributed by atoms with Crippen LogP contribution in [0.1, 0.15) is 29.2 Å². The lowest BCUT2D eigenvalue weighted by molar-refractivity contribution is 0.483. The highest BCUT2D eigenvalue weighted by molar-refractivity contribution is 7.85. The van der Waals surface area contributed by atoms with Crippen molar-refractivity contribution in [3.05, 3.63) is 65.2 Å². The van der Waals surface area contributed by atoms with Crippen LogP contribution in [0.3, 0.4) is 0 Å². The van der Waals surface area contributed by atoms with E-state index in [2.05, 4.69) is 35.5 Å². The maximum absolute atomic E-state index is 10.5. The van der Waals surface area contributed by atoms with Crippen LogP contribution in [0.15, 0.2) is 53.4 Å². The number of hydrogen-bond acceptors (Lipinski definition) is 3. The molecule has 24 heavy (non-hydrogen) atoms. The molecular weight excluding hydrogens is 322 g/mol. The van der Waals surface area contributed by atoms with Gasteiger partial charge >= 0.3 is 0 Å². The summed E-state index contributed by atoms with van der Waals surface area (Å²) >= 11 is 0. The standard InChI is InChI=1S/C12H13N.C7H8O3S/c1-2-9-13-12-8-7-10-5-3-4-6-11(10)12;1-6-2-4-7(5-3-6)11(8,9)10/h1,3-6,12-13H,7-9H2;2-5H,1H3,(H,8,9,10)/t12-;/m0./s1. The summed E-state index contributed by atoms with van der Waals surface area (Å²) in [6.45, 7) is 2.51. The summed E-state index contributed by atoms with van der Waals surface area (Å²) in [5.74, 6) is 2.61. The molecule has 0 bridgehead atoms. The van der Waals surface area contributed by atoms with Gasteiger partial charge in [-0.2, -0.15) is 8.42 Å². The summed E-state index contributed by atoms with van der Waals surface area (Å²) in [7, 11) is -4.02. The minimum absolute atomic E-state index is 0.0666. The highest BCUT2D eigenvalue weighted by Gasteiger charge is 2.20. The quantitative estimate of drug-likeness (QED) is 0.664. The van der Waals surface area contributed by atoms with Crippen molar-refractivity contribution in [2.24, 2.45) is 0 Å². The third kappa shape index (κ3) is 4.93. The Kier molecular flexibility index (Phi) is 6.16. The molecule has 0 spiro atoms. The molecule has 0 amide bonds. The number of aryl methyl sites for hydroxylation is 2. The second kappa shape index (κ2) is 8.11. The van der Waals surface area contributed by atoms with Gasteiger partial charge in [-0.25, -0.2) is 0 Å². The summed E-state index contributed by atoms with van der Waals surface area (Å²) in [4.78, 5) is -0.0666. The fraction of sp³-hybridized carbons (Fsp3) is 0.263. The summed E-state index contributed by atoms with van der Waals surface area (Å²) in [5, 5.41) is 3.35. The number of benzene rings is 2. The SMILES string of the molecule is C#CCN[C@H]1CCc2ccccc21.Cc1ccc(S(=O)(=O)O)cc1. The largest absolute Gasteiger partial charge is 0.299 e. The summed E-state index contributed by atoms with van der Waals surface area (Å²) < 4.78 is 29.6. The van der Waals surface area contributed by atoms with Gasteiger partial charge in [0.1, 0.15) is 0 Å². The maximum Gasteiger partial charge on any atom is 0.294 e. The predicted molar refractivity (Wildman–Crippen MR) is 95.3 cm³/mol. The minimum atomic E-state index is -4.02. The highest BCUT2D eigenvalue weighted by atomic mass is 32.2. The molecule has 1 atom stereocenters. The first-order valence-corrected chi connectivity index (χ1v) is 9.14. The van der Waals surface area contributed by atoms with Gasteiger partial charge in [-0.3, -0.25) is 9.87 Å². The molecular formula is C19H21NO3S. The molecule has 3 rings (SSSR count). The molecule has 126 valence electrons. The molecule has 0 aliphatic heterocycles. The fourth-order valence-electron chi connectivity index (χ4n) is 2.66. The third-order valence-electron chi connectivity index (χ3n) is 3.90. The van der Waals surface area contributed by atoms with Gasteiger partial charge in [0.2, 0.25) is 0 Å². The number of rotatable bonds is 3. The van der Waals surface area contributed by atoms with Gasteiger partial charge in [0, 0.05) is 6.04 Å². The summed E-state index contributed by atoms with van der Waals surface area (Å²) in [6, 6.07) is 15.1. The van der Waals surface area contributed by atoms with Crippen LogP contribution >= 0.6 is 0 Å². The predicted octanol–water partition coefficient (Wildman–Crippen LogP) is 3.14. The van der Waals surface area contributed by atoms with Gasteiger partial charge in [-0.15, -0.1) is 6.42 Å². The Hall–Kier alpha value is -2.13. The Morgan fingerprint density at radius 3 is 2.50 bits per heavy atom. The van der Waals surface area contributed by atoms with E-state index in [4.69, 9.17) is 11.0 Å².